The maximum absolute atomic E-state index is 12.0. The molecule has 4 N–H and O–H groups in total. The highest BCUT2D eigenvalue weighted by Crippen LogP contribution is 2.44. The summed E-state index contributed by atoms with van der Waals surface area (Å²) in [6, 6.07) is 8.93. The van der Waals surface area contributed by atoms with E-state index in [9.17, 15) is 9.90 Å². The number of nitrogen functional groups attached to an aromatic ring is 1. The van der Waals surface area contributed by atoms with Crippen molar-refractivity contribution in [2.24, 2.45) is 5.41 Å². The van der Waals surface area contributed by atoms with Crippen LogP contribution in [0.1, 0.15) is 23.3 Å². The lowest BCUT2D eigenvalue weighted by Crippen LogP contribution is -2.32. The van der Waals surface area contributed by atoms with Crippen molar-refractivity contribution < 1.29 is 9.90 Å². The highest BCUT2D eigenvalue weighted by molar-refractivity contribution is 5.92. The Balaban J connectivity index is 1.66. The molecule has 1 heterocycles. The van der Waals surface area contributed by atoms with E-state index in [1.54, 1.807) is 29.1 Å². The second-order valence-corrected chi connectivity index (χ2v) is 5.58. The quantitative estimate of drug-likeness (QED) is 0.714. The molecule has 21 heavy (non-hydrogen) atoms. The van der Waals surface area contributed by atoms with Crippen LogP contribution in [0, 0.1) is 5.41 Å². The highest BCUT2D eigenvalue weighted by Gasteiger charge is 2.42. The monoisotopic (exact) mass is 286 g/mol. The van der Waals surface area contributed by atoms with Gasteiger partial charge in [-0.1, -0.05) is 0 Å². The number of aliphatic hydroxyl groups excluding tert-OH is 1. The second-order valence-electron chi connectivity index (χ2n) is 5.58. The summed E-state index contributed by atoms with van der Waals surface area (Å²) >= 11 is 0. The van der Waals surface area contributed by atoms with Crippen molar-refractivity contribution >= 4 is 11.6 Å². The standard InChI is InChI=1S/C15H18N4O2/c16-11-1-3-12(4-2-11)19-8-5-13(18-19)14(21)17-9-15(10-20)6-7-15/h1-5,8,20H,6-7,9-10,16H2,(H,17,21). The highest BCUT2D eigenvalue weighted by atomic mass is 16.3. The summed E-state index contributed by atoms with van der Waals surface area (Å²) in [7, 11) is 0. The topological polar surface area (TPSA) is 93.2 Å². The fraction of sp³-hybridized carbons (Fsp3) is 0.333. The molecule has 2 aromatic rings. The van der Waals surface area contributed by atoms with Crippen LogP contribution in [0.5, 0.6) is 0 Å². The molecule has 1 fully saturated rings. The van der Waals surface area contributed by atoms with Crippen molar-refractivity contribution in [3.05, 3.63) is 42.2 Å². The molecule has 0 atom stereocenters. The maximum atomic E-state index is 12.0. The summed E-state index contributed by atoms with van der Waals surface area (Å²) < 4.78 is 1.63. The third kappa shape index (κ3) is 2.90. The molecule has 6 nitrogen and oxygen atoms in total. The second kappa shape index (κ2) is 5.21. The van der Waals surface area contributed by atoms with Crippen LogP contribution in [0.2, 0.25) is 0 Å². The zero-order valence-corrected chi connectivity index (χ0v) is 11.6. The minimum absolute atomic E-state index is 0.102. The van der Waals surface area contributed by atoms with E-state index in [2.05, 4.69) is 10.4 Å². The van der Waals surface area contributed by atoms with E-state index in [4.69, 9.17) is 5.73 Å². The Hall–Kier alpha value is -2.34. The van der Waals surface area contributed by atoms with Gasteiger partial charge in [0.25, 0.3) is 5.91 Å². The van der Waals surface area contributed by atoms with Crippen LogP contribution in [0.25, 0.3) is 5.69 Å². The first-order chi connectivity index (χ1) is 10.1. The number of rotatable bonds is 5. The number of aromatic nitrogens is 2. The lowest BCUT2D eigenvalue weighted by Gasteiger charge is -2.11. The van der Waals surface area contributed by atoms with Gasteiger partial charge in [-0.15, -0.1) is 0 Å². The average molecular weight is 286 g/mol. The molecule has 110 valence electrons. The predicted octanol–water partition coefficient (Wildman–Crippen LogP) is 0.957. The number of benzene rings is 1. The van der Waals surface area contributed by atoms with Crippen LogP contribution in [-0.2, 0) is 0 Å². The van der Waals surface area contributed by atoms with E-state index < -0.39 is 0 Å². The van der Waals surface area contributed by atoms with Crippen molar-refractivity contribution in [1.82, 2.24) is 15.1 Å². The Morgan fingerprint density at radius 2 is 2.05 bits per heavy atom. The first kappa shape index (κ1) is 13.6. The molecule has 1 saturated carbocycles. The van der Waals surface area contributed by atoms with Crippen molar-refractivity contribution in [1.29, 1.82) is 0 Å². The van der Waals surface area contributed by atoms with E-state index in [1.807, 2.05) is 12.1 Å². The van der Waals surface area contributed by atoms with Crippen LogP contribution in [0.3, 0.4) is 0 Å². The van der Waals surface area contributed by atoms with Crippen molar-refractivity contribution in [3.63, 3.8) is 0 Å². The zero-order valence-electron chi connectivity index (χ0n) is 11.6. The number of nitrogens with one attached hydrogen (secondary N) is 1. The first-order valence-corrected chi connectivity index (χ1v) is 6.93. The molecule has 6 heteroatoms. The van der Waals surface area contributed by atoms with Gasteiger partial charge in [0.2, 0.25) is 0 Å². The Morgan fingerprint density at radius 3 is 2.67 bits per heavy atom. The van der Waals surface area contributed by atoms with Gasteiger partial charge in [-0.25, -0.2) is 4.68 Å². The maximum Gasteiger partial charge on any atom is 0.271 e. The van der Waals surface area contributed by atoms with E-state index in [0.717, 1.165) is 18.5 Å². The lowest BCUT2D eigenvalue weighted by atomic mass is 10.1. The largest absolute Gasteiger partial charge is 0.399 e. The number of nitrogens with zero attached hydrogens (tertiary/aromatic N) is 2. The summed E-state index contributed by atoms with van der Waals surface area (Å²) in [5.41, 5.74) is 7.43. The third-order valence-electron chi connectivity index (χ3n) is 3.90. The number of amides is 1. The smallest absolute Gasteiger partial charge is 0.271 e. The Labute approximate surface area is 122 Å². The van der Waals surface area contributed by atoms with Crippen molar-refractivity contribution in [2.75, 3.05) is 18.9 Å². The van der Waals surface area contributed by atoms with Gasteiger partial charge in [0.1, 0.15) is 0 Å². The Morgan fingerprint density at radius 1 is 1.33 bits per heavy atom. The van der Waals surface area contributed by atoms with E-state index in [1.165, 1.54) is 0 Å². The third-order valence-corrected chi connectivity index (χ3v) is 3.90. The molecular weight excluding hydrogens is 268 g/mol. The normalized spacial score (nSPS) is 15.7. The molecule has 1 amide bonds. The average Bonchev–Trinajstić information content (AvgIpc) is 3.12. The van der Waals surface area contributed by atoms with Crippen LogP contribution in [-0.4, -0.2) is 33.9 Å². The summed E-state index contributed by atoms with van der Waals surface area (Å²) in [6.07, 6.45) is 3.66. The molecule has 0 spiro atoms. The number of anilines is 1. The number of carbonyl (C=O) groups is 1. The predicted molar refractivity (Wildman–Crippen MR) is 79.1 cm³/mol. The van der Waals surface area contributed by atoms with Crippen LogP contribution in [0.15, 0.2) is 36.5 Å². The fourth-order valence-corrected chi connectivity index (χ4v) is 2.14. The number of aliphatic hydroxyl groups is 1. The van der Waals surface area contributed by atoms with E-state index in [0.29, 0.717) is 17.9 Å². The first-order valence-electron chi connectivity index (χ1n) is 6.93. The number of hydrogen-bond acceptors (Lipinski definition) is 4. The fourth-order valence-electron chi connectivity index (χ4n) is 2.14. The Bertz CT molecular complexity index is 644. The van der Waals surface area contributed by atoms with Crippen molar-refractivity contribution in [3.8, 4) is 5.69 Å². The molecule has 0 aliphatic heterocycles. The minimum atomic E-state index is -0.219. The molecule has 1 aromatic heterocycles. The number of hydrogen-bond donors (Lipinski definition) is 3. The molecule has 1 aliphatic rings. The summed E-state index contributed by atoms with van der Waals surface area (Å²) in [5, 5.41) is 16.3. The van der Waals surface area contributed by atoms with Gasteiger partial charge in [0, 0.05) is 23.8 Å². The van der Waals surface area contributed by atoms with E-state index >= 15 is 0 Å². The molecular formula is C15H18N4O2. The van der Waals surface area contributed by atoms with Crippen LogP contribution >= 0.6 is 0 Å². The number of carbonyl (C=O) groups excluding carboxylic acids is 1. The molecule has 1 aliphatic carbocycles. The Kier molecular flexibility index (Phi) is 3.39. The summed E-state index contributed by atoms with van der Waals surface area (Å²) in [5.74, 6) is -0.219. The van der Waals surface area contributed by atoms with Crippen molar-refractivity contribution in [2.45, 2.75) is 12.8 Å². The molecule has 1 aromatic carbocycles. The van der Waals surface area contributed by atoms with Gasteiger partial charge in [0.15, 0.2) is 5.69 Å². The van der Waals surface area contributed by atoms with Gasteiger partial charge < -0.3 is 16.2 Å². The van der Waals surface area contributed by atoms with E-state index in [-0.39, 0.29) is 17.9 Å². The minimum Gasteiger partial charge on any atom is -0.399 e. The van der Waals surface area contributed by atoms with Gasteiger partial charge in [0.05, 0.1) is 12.3 Å². The zero-order chi connectivity index (χ0) is 14.9. The SMILES string of the molecule is Nc1ccc(-n2ccc(C(=O)NCC3(CO)CC3)n2)cc1. The van der Waals surface area contributed by atoms with Crippen LogP contribution < -0.4 is 11.1 Å². The van der Waals surface area contributed by atoms with Gasteiger partial charge in [-0.3, -0.25) is 4.79 Å². The molecule has 0 radical (unpaired) electrons. The van der Waals surface area contributed by atoms with Gasteiger partial charge in [-0.2, -0.15) is 5.10 Å². The summed E-state index contributed by atoms with van der Waals surface area (Å²) in [4.78, 5) is 12.0. The number of nitrogens with two attached hydrogens (primary N) is 1. The lowest BCUT2D eigenvalue weighted by molar-refractivity contribution is 0.0930. The molecule has 0 bridgehead atoms. The molecule has 3 rings (SSSR count). The molecule has 0 saturated heterocycles. The summed E-state index contributed by atoms with van der Waals surface area (Å²) in [6.45, 7) is 0.615. The van der Waals surface area contributed by atoms with Gasteiger partial charge >= 0.3 is 0 Å². The molecule has 0 unspecified atom stereocenters. The van der Waals surface area contributed by atoms with Gasteiger partial charge in [-0.05, 0) is 43.2 Å². The van der Waals surface area contributed by atoms with Crippen LogP contribution in [0.4, 0.5) is 5.69 Å².